The number of benzene rings is 2. The van der Waals surface area contributed by atoms with Gasteiger partial charge in [0.1, 0.15) is 17.5 Å². The lowest BCUT2D eigenvalue weighted by atomic mass is 9.77. The van der Waals surface area contributed by atoms with Gasteiger partial charge < -0.3 is 0 Å². The molecule has 0 saturated heterocycles. The lowest BCUT2D eigenvalue weighted by Gasteiger charge is -2.29. The van der Waals surface area contributed by atoms with Crippen LogP contribution >= 0.6 is 0 Å². The Labute approximate surface area is 148 Å². The molecule has 1 aliphatic rings. The Morgan fingerprint density at radius 2 is 1.56 bits per heavy atom. The largest absolute Gasteiger partial charge is 0.207 e. The van der Waals surface area contributed by atoms with E-state index in [9.17, 15) is 13.2 Å². The molecule has 134 valence electrons. The van der Waals surface area contributed by atoms with Crippen molar-refractivity contribution in [2.24, 2.45) is 5.92 Å². The number of hydrogen-bond acceptors (Lipinski definition) is 0. The maximum atomic E-state index is 14.6. The van der Waals surface area contributed by atoms with Gasteiger partial charge >= 0.3 is 0 Å². The zero-order valence-corrected chi connectivity index (χ0v) is 14.7. The Hall–Kier alpha value is -1.77. The molecule has 0 N–H and O–H groups in total. The molecule has 3 heteroatoms. The van der Waals surface area contributed by atoms with E-state index in [1.54, 1.807) is 12.1 Å². The van der Waals surface area contributed by atoms with Gasteiger partial charge in [0.05, 0.1) is 0 Å². The predicted molar refractivity (Wildman–Crippen MR) is 96.0 cm³/mol. The van der Waals surface area contributed by atoms with E-state index in [0.29, 0.717) is 5.92 Å². The van der Waals surface area contributed by atoms with E-state index in [4.69, 9.17) is 0 Å². The lowest BCUT2D eigenvalue weighted by molar-refractivity contribution is 0.304. The predicted octanol–water partition coefficient (Wildman–Crippen LogP) is 7.23. The van der Waals surface area contributed by atoms with Gasteiger partial charge in [0.15, 0.2) is 0 Å². The van der Waals surface area contributed by atoms with E-state index >= 15 is 0 Å². The summed E-state index contributed by atoms with van der Waals surface area (Å²) in [6.07, 6.45) is 8.47. The summed E-state index contributed by atoms with van der Waals surface area (Å²) in [4.78, 5) is 0. The fourth-order valence-corrected chi connectivity index (χ4v) is 4.01. The van der Waals surface area contributed by atoms with E-state index in [2.05, 4.69) is 6.92 Å². The second-order valence-corrected chi connectivity index (χ2v) is 7.26. The average molecular weight is 346 g/mol. The smallest absolute Gasteiger partial charge is 0.131 e. The Morgan fingerprint density at radius 3 is 2.16 bits per heavy atom. The van der Waals surface area contributed by atoms with Crippen LogP contribution in [0.25, 0.3) is 11.1 Å². The third-order valence-electron chi connectivity index (χ3n) is 5.45. The first-order valence-electron chi connectivity index (χ1n) is 9.32. The van der Waals surface area contributed by atoms with Gasteiger partial charge in [0, 0.05) is 11.6 Å². The van der Waals surface area contributed by atoms with E-state index in [-0.39, 0.29) is 11.1 Å². The molecule has 2 aromatic rings. The zero-order chi connectivity index (χ0) is 17.8. The van der Waals surface area contributed by atoms with E-state index in [0.717, 1.165) is 30.4 Å². The molecule has 0 heterocycles. The standard InChI is InChI=1S/C22H25F3/c1-2-3-4-15-5-7-16(8-6-15)17-9-10-21(22(25)13-17)18-11-19(23)14-20(24)12-18/h9-16H,2-8H2,1H3. The van der Waals surface area contributed by atoms with Crippen molar-refractivity contribution < 1.29 is 13.2 Å². The number of unbranched alkanes of at least 4 members (excludes halogenated alkanes) is 1. The SMILES string of the molecule is CCCCC1CCC(c2ccc(-c3cc(F)cc(F)c3)c(F)c2)CC1. The van der Waals surface area contributed by atoms with Crippen LogP contribution in [0.3, 0.4) is 0 Å². The molecule has 0 amide bonds. The van der Waals surface area contributed by atoms with Crippen molar-refractivity contribution in [2.75, 3.05) is 0 Å². The molecule has 1 saturated carbocycles. The third-order valence-corrected chi connectivity index (χ3v) is 5.45. The van der Waals surface area contributed by atoms with Crippen LogP contribution in [0.2, 0.25) is 0 Å². The minimum atomic E-state index is -0.691. The van der Waals surface area contributed by atoms with Crippen LogP contribution in [0.4, 0.5) is 13.2 Å². The van der Waals surface area contributed by atoms with E-state index in [1.807, 2.05) is 6.07 Å². The van der Waals surface area contributed by atoms with Gasteiger partial charge in [-0.3, -0.25) is 0 Å². The van der Waals surface area contributed by atoms with Crippen LogP contribution in [0.5, 0.6) is 0 Å². The molecule has 0 aromatic heterocycles. The highest BCUT2D eigenvalue weighted by Crippen LogP contribution is 2.38. The second-order valence-electron chi connectivity index (χ2n) is 7.26. The molecule has 0 aliphatic heterocycles. The first-order chi connectivity index (χ1) is 12.1. The fourth-order valence-electron chi connectivity index (χ4n) is 4.01. The van der Waals surface area contributed by atoms with Crippen molar-refractivity contribution in [1.29, 1.82) is 0 Å². The molecule has 1 aliphatic carbocycles. The van der Waals surface area contributed by atoms with E-state index < -0.39 is 17.5 Å². The molecule has 2 aromatic carbocycles. The van der Waals surface area contributed by atoms with Gasteiger partial charge in [-0.25, -0.2) is 13.2 Å². The minimum absolute atomic E-state index is 0.241. The molecular formula is C22H25F3. The fraction of sp³-hybridized carbons (Fsp3) is 0.455. The second kappa shape index (κ2) is 8.07. The van der Waals surface area contributed by atoms with Crippen LogP contribution in [0, 0.1) is 23.4 Å². The zero-order valence-electron chi connectivity index (χ0n) is 14.7. The lowest BCUT2D eigenvalue weighted by Crippen LogP contribution is -2.13. The minimum Gasteiger partial charge on any atom is -0.207 e. The quantitative estimate of drug-likeness (QED) is 0.535. The summed E-state index contributed by atoms with van der Waals surface area (Å²) in [7, 11) is 0. The van der Waals surface area contributed by atoms with E-state index in [1.165, 1.54) is 44.2 Å². The van der Waals surface area contributed by atoms with Crippen molar-refractivity contribution in [1.82, 2.24) is 0 Å². The van der Waals surface area contributed by atoms with Crippen LogP contribution in [-0.2, 0) is 0 Å². The van der Waals surface area contributed by atoms with Gasteiger partial charge in [-0.2, -0.15) is 0 Å². The number of rotatable bonds is 5. The van der Waals surface area contributed by atoms with Crippen molar-refractivity contribution in [3.63, 3.8) is 0 Å². The molecule has 0 unspecified atom stereocenters. The molecule has 0 atom stereocenters. The Balaban J connectivity index is 1.72. The van der Waals surface area contributed by atoms with Crippen LogP contribution in [0.1, 0.15) is 63.4 Å². The van der Waals surface area contributed by atoms with Gasteiger partial charge in [0.2, 0.25) is 0 Å². The van der Waals surface area contributed by atoms with Crippen molar-refractivity contribution in [3.8, 4) is 11.1 Å². The molecular weight excluding hydrogens is 321 g/mol. The molecule has 1 fully saturated rings. The maximum absolute atomic E-state index is 14.6. The summed E-state index contributed by atoms with van der Waals surface area (Å²) >= 11 is 0. The summed E-state index contributed by atoms with van der Waals surface area (Å²) in [5.41, 5.74) is 1.50. The molecule has 0 bridgehead atoms. The Morgan fingerprint density at radius 1 is 0.880 bits per heavy atom. The molecule has 0 nitrogen and oxygen atoms in total. The normalized spacial score (nSPS) is 20.6. The van der Waals surface area contributed by atoms with Gasteiger partial charge in [-0.1, -0.05) is 38.3 Å². The van der Waals surface area contributed by atoms with Gasteiger partial charge in [0.25, 0.3) is 0 Å². The summed E-state index contributed by atoms with van der Waals surface area (Å²) in [6.45, 7) is 2.22. The van der Waals surface area contributed by atoms with Crippen molar-refractivity contribution in [2.45, 2.75) is 57.8 Å². The van der Waals surface area contributed by atoms with Gasteiger partial charge in [-0.05, 0) is 66.8 Å². The molecule has 0 radical (unpaired) electrons. The summed E-state index contributed by atoms with van der Waals surface area (Å²) in [6, 6.07) is 8.25. The summed E-state index contributed by atoms with van der Waals surface area (Å²) in [5, 5.41) is 0. The number of hydrogen-bond donors (Lipinski definition) is 0. The molecule has 0 spiro atoms. The summed E-state index contributed by atoms with van der Waals surface area (Å²) in [5.74, 6) is -0.579. The monoisotopic (exact) mass is 346 g/mol. The first kappa shape index (κ1) is 18.0. The molecule has 25 heavy (non-hydrogen) atoms. The molecule has 3 rings (SSSR count). The average Bonchev–Trinajstić information content (AvgIpc) is 2.59. The van der Waals surface area contributed by atoms with Crippen molar-refractivity contribution >= 4 is 0 Å². The van der Waals surface area contributed by atoms with Crippen LogP contribution in [-0.4, -0.2) is 0 Å². The highest BCUT2D eigenvalue weighted by atomic mass is 19.1. The highest BCUT2D eigenvalue weighted by Gasteiger charge is 2.23. The highest BCUT2D eigenvalue weighted by molar-refractivity contribution is 5.64. The van der Waals surface area contributed by atoms with Crippen LogP contribution in [0.15, 0.2) is 36.4 Å². The van der Waals surface area contributed by atoms with Gasteiger partial charge in [-0.15, -0.1) is 0 Å². The van der Waals surface area contributed by atoms with Crippen molar-refractivity contribution in [3.05, 3.63) is 59.4 Å². The Kier molecular flexibility index (Phi) is 5.82. The summed E-state index contributed by atoms with van der Waals surface area (Å²) < 4.78 is 41.3. The topological polar surface area (TPSA) is 0 Å². The number of halogens is 3. The third kappa shape index (κ3) is 4.45. The maximum Gasteiger partial charge on any atom is 0.131 e. The Bertz CT molecular complexity index is 695. The first-order valence-corrected chi connectivity index (χ1v) is 9.32. The van der Waals surface area contributed by atoms with Crippen LogP contribution < -0.4 is 0 Å².